The second-order valence-electron chi connectivity index (χ2n) is 4.00. The molecular formula is C14H9BrN2O2. The third kappa shape index (κ3) is 2.51. The minimum atomic E-state index is -0.174. The van der Waals surface area contributed by atoms with E-state index in [1.165, 1.54) is 6.39 Å². The lowest BCUT2D eigenvalue weighted by molar-refractivity contribution is 0.102. The summed E-state index contributed by atoms with van der Waals surface area (Å²) in [7, 11) is 0. The summed E-state index contributed by atoms with van der Waals surface area (Å²) in [5.74, 6) is -0.174. The maximum Gasteiger partial charge on any atom is 0.255 e. The summed E-state index contributed by atoms with van der Waals surface area (Å²) < 4.78 is 6.10. The zero-order chi connectivity index (χ0) is 13.2. The van der Waals surface area contributed by atoms with Crippen molar-refractivity contribution in [2.75, 3.05) is 5.32 Å². The molecule has 1 N–H and O–H groups in total. The summed E-state index contributed by atoms with van der Waals surface area (Å²) in [5.41, 5.74) is 2.63. The molecule has 94 valence electrons. The van der Waals surface area contributed by atoms with Crippen LogP contribution in [0.3, 0.4) is 0 Å². The van der Waals surface area contributed by atoms with E-state index in [-0.39, 0.29) is 5.91 Å². The van der Waals surface area contributed by atoms with Crippen molar-refractivity contribution in [3.8, 4) is 0 Å². The van der Waals surface area contributed by atoms with E-state index in [1.807, 2.05) is 24.3 Å². The SMILES string of the molecule is O=C(Nc1ccc(Br)cc1)c1ccc2ocnc2c1. The number of nitrogens with zero attached hydrogens (tertiary/aromatic N) is 1. The van der Waals surface area contributed by atoms with E-state index in [0.29, 0.717) is 16.7 Å². The van der Waals surface area contributed by atoms with Crippen LogP contribution in [-0.4, -0.2) is 10.9 Å². The molecule has 0 fully saturated rings. The van der Waals surface area contributed by atoms with E-state index in [2.05, 4.69) is 26.2 Å². The molecule has 4 nitrogen and oxygen atoms in total. The highest BCUT2D eigenvalue weighted by Gasteiger charge is 2.08. The molecule has 0 saturated carbocycles. The minimum Gasteiger partial charge on any atom is -0.443 e. The number of hydrogen-bond acceptors (Lipinski definition) is 3. The predicted octanol–water partition coefficient (Wildman–Crippen LogP) is 3.84. The molecule has 0 unspecified atom stereocenters. The molecule has 1 amide bonds. The Morgan fingerprint density at radius 1 is 1.16 bits per heavy atom. The van der Waals surface area contributed by atoms with Crippen molar-refractivity contribution in [3.05, 3.63) is 58.9 Å². The van der Waals surface area contributed by atoms with Crippen molar-refractivity contribution < 1.29 is 9.21 Å². The Bertz CT molecular complexity index is 735. The molecule has 0 aliphatic heterocycles. The maximum absolute atomic E-state index is 12.1. The third-order valence-corrected chi connectivity index (χ3v) is 3.22. The van der Waals surface area contributed by atoms with E-state index in [0.717, 1.165) is 10.2 Å². The van der Waals surface area contributed by atoms with Crippen LogP contribution in [0.4, 0.5) is 5.69 Å². The van der Waals surface area contributed by atoms with Crippen molar-refractivity contribution in [2.24, 2.45) is 0 Å². The molecule has 0 saturated heterocycles. The van der Waals surface area contributed by atoms with Gasteiger partial charge >= 0.3 is 0 Å². The summed E-state index contributed by atoms with van der Waals surface area (Å²) in [6.45, 7) is 0. The van der Waals surface area contributed by atoms with Crippen LogP contribution in [0.1, 0.15) is 10.4 Å². The number of carbonyl (C=O) groups excluding carboxylic acids is 1. The number of oxazole rings is 1. The summed E-state index contributed by atoms with van der Waals surface area (Å²) in [5, 5.41) is 2.82. The second-order valence-corrected chi connectivity index (χ2v) is 4.91. The van der Waals surface area contributed by atoms with Gasteiger partial charge in [-0.15, -0.1) is 0 Å². The average molecular weight is 317 g/mol. The molecule has 0 aliphatic carbocycles. The van der Waals surface area contributed by atoms with Crippen molar-refractivity contribution in [3.63, 3.8) is 0 Å². The minimum absolute atomic E-state index is 0.174. The topological polar surface area (TPSA) is 55.1 Å². The summed E-state index contributed by atoms with van der Waals surface area (Å²) in [6.07, 6.45) is 1.36. The summed E-state index contributed by atoms with van der Waals surface area (Å²) in [6, 6.07) is 12.5. The van der Waals surface area contributed by atoms with Crippen LogP contribution < -0.4 is 5.32 Å². The first-order chi connectivity index (χ1) is 9.22. The van der Waals surface area contributed by atoms with Gasteiger partial charge in [-0.3, -0.25) is 4.79 Å². The maximum atomic E-state index is 12.1. The number of carbonyl (C=O) groups is 1. The molecule has 1 aromatic heterocycles. The molecule has 3 aromatic rings. The highest BCUT2D eigenvalue weighted by Crippen LogP contribution is 2.17. The molecule has 0 spiro atoms. The Hall–Kier alpha value is -2.14. The van der Waals surface area contributed by atoms with E-state index in [1.54, 1.807) is 18.2 Å². The number of rotatable bonds is 2. The van der Waals surface area contributed by atoms with Crippen molar-refractivity contribution in [1.29, 1.82) is 0 Å². The van der Waals surface area contributed by atoms with Crippen LogP contribution in [0.15, 0.2) is 57.7 Å². The smallest absolute Gasteiger partial charge is 0.255 e. The number of amides is 1. The van der Waals surface area contributed by atoms with E-state index < -0.39 is 0 Å². The van der Waals surface area contributed by atoms with Gasteiger partial charge in [0.15, 0.2) is 12.0 Å². The Balaban J connectivity index is 1.84. The van der Waals surface area contributed by atoms with E-state index in [4.69, 9.17) is 4.42 Å². The lowest BCUT2D eigenvalue weighted by atomic mass is 10.2. The van der Waals surface area contributed by atoms with Crippen molar-refractivity contribution in [2.45, 2.75) is 0 Å². The largest absolute Gasteiger partial charge is 0.443 e. The van der Waals surface area contributed by atoms with Crippen LogP contribution in [-0.2, 0) is 0 Å². The van der Waals surface area contributed by atoms with Gasteiger partial charge < -0.3 is 9.73 Å². The fourth-order valence-electron chi connectivity index (χ4n) is 1.74. The number of aromatic nitrogens is 1. The standard InChI is InChI=1S/C14H9BrN2O2/c15-10-2-4-11(5-3-10)17-14(18)9-1-6-13-12(7-9)16-8-19-13/h1-8H,(H,17,18). The molecule has 5 heteroatoms. The zero-order valence-electron chi connectivity index (χ0n) is 9.76. The highest BCUT2D eigenvalue weighted by molar-refractivity contribution is 9.10. The Morgan fingerprint density at radius 3 is 2.74 bits per heavy atom. The first-order valence-corrected chi connectivity index (χ1v) is 6.42. The quantitative estimate of drug-likeness (QED) is 0.781. The molecule has 0 atom stereocenters. The second kappa shape index (κ2) is 4.85. The molecule has 0 bridgehead atoms. The van der Waals surface area contributed by atoms with Crippen LogP contribution in [0.2, 0.25) is 0 Å². The highest BCUT2D eigenvalue weighted by atomic mass is 79.9. The monoisotopic (exact) mass is 316 g/mol. The number of hydrogen-bond donors (Lipinski definition) is 1. The first kappa shape index (κ1) is 11.9. The summed E-state index contributed by atoms with van der Waals surface area (Å²) >= 11 is 3.35. The third-order valence-electron chi connectivity index (χ3n) is 2.69. The molecule has 0 radical (unpaired) electrons. The van der Waals surface area contributed by atoms with Gasteiger partial charge in [0.1, 0.15) is 5.52 Å². The van der Waals surface area contributed by atoms with E-state index >= 15 is 0 Å². The van der Waals surface area contributed by atoms with Crippen LogP contribution >= 0.6 is 15.9 Å². The fraction of sp³-hybridized carbons (Fsp3) is 0. The zero-order valence-corrected chi connectivity index (χ0v) is 11.3. The average Bonchev–Trinajstić information content (AvgIpc) is 2.88. The van der Waals surface area contributed by atoms with Gasteiger partial charge in [0.25, 0.3) is 5.91 Å². The normalized spacial score (nSPS) is 10.6. The Kier molecular flexibility index (Phi) is 3.05. The molecule has 1 heterocycles. The van der Waals surface area contributed by atoms with Gasteiger partial charge in [-0.2, -0.15) is 0 Å². The van der Waals surface area contributed by atoms with Gasteiger partial charge in [0, 0.05) is 15.7 Å². The number of nitrogens with one attached hydrogen (secondary N) is 1. The van der Waals surface area contributed by atoms with Crippen LogP contribution in [0.5, 0.6) is 0 Å². The Morgan fingerprint density at radius 2 is 1.95 bits per heavy atom. The van der Waals surface area contributed by atoms with Crippen LogP contribution in [0, 0.1) is 0 Å². The van der Waals surface area contributed by atoms with Crippen molar-refractivity contribution >= 4 is 38.6 Å². The van der Waals surface area contributed by atoms with Gasteiger partial charge in [0.05, 0.1) is 0 Å². The van der Waals surface area contributed by atoms with Gasteiger partial charge in [-0.05, 0) is 42.5 Å². The van der Waals surface area contributed by atoms with Gasteiger partial charge in [-0.1, -0.05) is 15.9 Å². The number of benzene rings is 2. The number of halogens is 1. The van der Waals surface area contributed by atoms with E-state index in [9.17, 15) is 4.79 Å². The lowest BCUT2D eigenvalue weighted by Crippen LogP contribution is -2.11. The number of anilines is 1. The lowest BCUT2D eigenvalue weighted by Gasteiger charge is -2.05. The predicted molar refractivity (Wildman–Crippen MR) is 76.1 cm³/mol. The number of fused-ring (bicyclic) bond motifs is 1. The van der Waals surface area contributed by atoms with Crippen molar-refractivity contribution in [1.82, 2.24) is 4.98 Å². The fourth-order valence-corrected chi connectivity index (χ4v) is 2.00. The molecular weight excluding hydrogens is 308 g/mol. The van der Waals surface area contributed by atoms with Crippen LogP contribution in [0.25, 0.3) is 11.1 Å². The molecule has 0 aliphatic rings. The summed E-state index contributed by atoms with van der Waals surface area (Å²) in [4.78, 5) is 16.1. The molecule has 19 heavy (non-hydrogen) atoms. The molecule has 2 aromatic carbocycles. The van der Waals surface area contributed by atoms with Gasteiger partial charge in [-0.25, -0.2) is 4.98 Å². The van der Waals surface area contributed by atoms with Gasteiger partial charge in [0.2, 0.25) is 0 Å². The first-order valence-electron chi connectivity index (χ1n) is 5.62. The Labute approximate surface area is 117 Å². The molecule has 3 rings (SSSR count).